The number of aliphatic carboxylic acids is 1. The summed E-state index contributed by atoms with van der Waals surface area (Å²) in [5.41, 5.74) is -0.349. The first-order valence-electron chi connectivity index (χ1n) is 6.81. The van der Waals surface area contributed by atoms with Gasteiger partial charge in [0.05, 0.1) is 6.26 Å². The first kappa shape index (κ1) is 15.7. The van der Waals surface area contributed by atoms with Crippen LogP contribution in [-0.2, 0) is 10.3 Å². The van der Waals surface area contributed by atoms with E-state index in [4.69, 9.17) is 4.42 Å². The first-order valence-corrected chi connectivity index (χ1v) is 7.79. The molecule has 4 nitrogen and oxygen atoms in total. The van der Waals surface area contributed by atoms with E-state index >= 15 is 0 Å². The van der Waals surface area contributed by atoms with Crippen LogP contribution in [0.15, 0.2) is 52.0 Å². The maximum Gasteiger partial charge on any atom is 0.329 e. The number of likely N-dealkylation sites (N-methyl/N-ethyl adjacent to an activating group) is 1. The third kappa shape index (κ3) is 3.31. The summed E-state index contributed by atoms with van der Waals surface area (Å²) in [4.78, 5) is 12.9. The van der Waals surface area contributed by atoms with Gasteiger partial charge in [0.25, 0.3) is 0 Å². The number of carbonyl (C=O) groups is 1. The second-order valence-corrected chi connectivity index (χ2v) is 5.75. The van der Waals surface area contributed by atoms with Gasteiger partial charge >= 0.3 is 5.97 Å². The predicted octanol–water partition coefficient (Wildman–Crippen LogP) is 3.27. The van der Waals surface area contributed by atoms with Crippen molar-refractivity contribution >= 4 is 17.7 Å². The molecule has 1 heterocycles. The molecule has 0 saturated carbocycles. The quantitative estimate of drug-likeness (QED) is 0.769. The monoisotopic (exact) mass is 305 g/mol. The van der Waals surface area contributed by atoms with Gasteiger partial charge in [-0.15, -0.1) is 11.8 Å². The lowest BCUT2D eigenvalue weighted by molar-refractivity contribution is -0.144. The van der Waals surface area contributed by atoms with E-state index in [-0.39, 0.29) is 0 Å². The molecule has 1 aromatic carbocycles. The third-order valence-electron chi connectivity index (χ3n) is 3.37. The van der Waals surface area contributed by atoms with Crippen molar-refractivity contribution in [1.29, 1.82) is 0 Å². The maximum atomic E-state index is 12.0. The minimum Gasteiger partial charge on any atom is -0.480 e. The van der Waals surface area contributed by atoms with Crippen molar-refractivity contribution in [1.82, 2.24) is 5.32 Å². The molecule has 1 unspecified atom stereocenters. The van der Waals surface area contributed by atoms with Crippen LogP contribution in [0.25, 0.3) is 0 Å². The number of benzene rings is 1. The smallest absolute Gasteiger partial charge is 0.329 e. The Hall–Kier alpha value is -1.72. The largest absolute Gasteiger partial charge is 0.480 e. The Morgan fingerprint density at radius 2 is 2.05 bits per heavy atom. The van der Waals surface area contributed by atoms with Crippen molar-refractivity contribution in [2.24, 2.45) is 0 Å². The summed E-state index contributed by atoms with van der Waals surface area (Å²) in [5, 5.41) is 12.9. The van der Waals surface area contributed by atoms with E-state index in [1.165, 1.54) is 11.8 Å². The molecule has 2 N–H and O–H groups in total. The van der Waals surface area contributed by atoms with E-state index < -0.39 is 11.5 Å². The normalized spacial score (nSPS) is 13.8. The number of furan rings is 1. The molecule has 1 atom stereocenters. The van der Waals surface area contributed by atoms with Gasteiger partial charge in [-0.25, -0.2) is 4.79 Å². The number of nitrogens with one attached hydrogen (secondary N) is 1. The Kier molecular flexibility index (Phi) is 5.09. The molecule has 0 amide bonds. The topological polar surface area (TPSA) is 62.5 Å². The number of rotatable bonds is 7. The molecule has 0 aliphatic carbocycles. The summed E-state index contributed by atoms with van der Waals surface area (Å²) in [7, 11) is 0. The molecule has 2 rings (SSSR count). The molecule has 0 fully saturated rings. The fourth-order valence-corrected chi connectivity index (χ4v) is 3.40. The second-order valence-electron chi connectivity index (χ2n) is 4.74. The summed E-state index contributed by atoms with van der Waals surface area (Å²) in [5.74, 6) is 0.327. The Morgan fingerprint density at radius 1 is 1.33 bits per heavy atom. The van der Waals surface area contributed by atoms with Crippen molar-refractivity contribution < 1.29 is 14.3 Å². The lowest BCUT2D eigenvalue weighted by atomic mass is 9.92. The summed E-state index contributed by atoms with van der Waals surface area (Å²) in [6, 6.07) is 11.2. The molecule has 1 aromatic heterocycles. The van der Waals surface area contributed by atoms with Gasteiger partial charge in [-0.2, -0.15) is 0 Å². The molecule has 2 aromatic rings. The zero-order valence-corrected chi connectivity index (χ0v) is 12.9. The van der Waals surface area contributed by atoms with E-state index in [1.807, 2.05) is 50.2 Å². The van der Waals surface area contributed by atoms with Gasteiger partial charge in [-0.1, -0.05) is 37.3 Å². The SMILES string of the molecule is CCNC(CSc1ccoc1C)(C(=O)O)c1ccccc1. The Morgan fingerprint density at radius 3 is 2.57 bits per heavy atom. The van der Waals surface area contributed by atoms with Crippen molar-refractivity contribution in [2.45, 2.75) is 24.3 Å². The molecule has 0 aliphatic rings. The lowest BCUT2D eigenvalue weighted by Gasteiger charge is -2.30. The van der Waals surface area contributed by atoms with Gasteiger partial charge in [0.15, 0.2) is 5.54 Å². The van der Waals surface area contributed by atoms with Crippen molar-refractivity contribution in [3.05, 3.63) is 54.0 Å². The Labute approximate surface area is 128 Å². The van der Waals surface area contributed by atoms with Crippen molar-refractivity contribution in [2.75, 3.05) is 12.3 Å². The van der Waals surface area contributed by atoms with Gasteiger partial charge in [-0.3, -0.25) is 5.32 Å². The molecule has 0 saturated heterocycles. The maximum absolute atomic E-state index is 12.0. The number of hydrogen-bond acceptors (Lipinski definition) is 4. The molecule has 0 bridgehead atoms. The summed E-state index contributed by atoms with van der Waals surface area (Å²) in [6.07, 6.45) is 1.62. The van der Waals surface area contributed by atoms with Crippen LogP contribution in [-0.4, -0.2) is 23.4 Å². The van der Waals surface area contributed by atoms with E-state index in [2.05, 4.69) is 5.32 Å². The minimum absolute atomic E-state index is 0.389. The minimum atomic E-state index is -1.11. The number of aryl methyl sites for hydroxylation is 1. The van der Waals surface area contributed by atoms with E-state index in [0.717, 1.165) is 16.2 Å². The molecular formula is C16H19NO3S. The number of carboxylic acid groups (broad SMARTS) is 1. The van der Waals surface area contributed by atoms with Gasteiger partial charge < -0.3 is 9.52 Å². The van der Waals surface area contributed by atoms with Crippen molar-refractivity contribution in [3.8, 4) is 0 Å². The molecule has 0 aliphatic heterocycles. The van der Waals surface area contributed by atoms with Crippen LogP contribution < -0.4 is 5.32 Å². The summed E-state index contributed by atoms with van der Waals surface area (Å²) < 4.78 is 5.27. The lowest BCUT2D eigenvalue weighted by Crippen LogP contribution is -2.51. The average Bonchev–Trinajstić information content (AvgIpc) is 2.89. The molecular weight excluding hydrogens is 286 g/mol. The third-order valence-corrected chi connectivity index (χ3v) is 4.68. The van der Waals surface area contributed by atoms with E-state index in [9.17, 15) is 9.90 Å². The number of hydrogen-bond donors (Lipinski definition) is 2. The predicted molar refractivity (Wildman–Crippen MR) is 83.6 cm³/mol. The van der Waals surface area contributed by atoms with Crippen LogP contribution in [0.4, 0.5) is 0 Å². The van der Waals surface area contributed by atoms with Gasteiger partial charge in [-0.05, 0) is 25.1 Å². The second kappa shape index (κ2) is 6.83. The first-order chi connectivity index (χ1) is 10.1. The highest BCUT2D eigenvalue weighted by molar-refractivity contribution is 7.99. The number of carboxylic acids is 1. The van der Waals surface area contributed by atoms with Gasteiger partial charge in [0, 0.05) is 10.6 Å². The molecule has 112 valence electrons. The fourth-order valence-electron chi connectivity index (χ4n) is 2.23. The highest BCUT2D eigenvalue weighted by Gasteiger charge is 2.39. The average molecular weight is 305 g/mol. The zero-order chi connectivity index (χ0) is 15.3. The van der Waals surface area contributed by atoms with Crippen LogP contribution in [0.2, 0.25) is 0 Å². The zero-order valence-electron chi connectivity index (χ0n) is 12.1. The summed E-state index contributed by atoms with van der Waals surface area (Å²) >= 11 is 1.49. The van der Waals surface area contributed by atoms with E-state index in [1.54, 1.807) is 6.26 Å². The van der Waals surface area contributed by atoms with Gasteiger partial charge in [0.1, 0.15) is 5.76 Å². The van der Waals surface area contributed by atoms with Crippen LogP contribution in [0.5, 0.6) is 0 Å². The highest BCUT2D eigenvalue weighted by atomic mass is 32.2. The van der Waals surface area contributed by atoms with Gasteiger partial charge in [0.2, 0.25) is 0 Å². The van der Waals surface area contributed by atoms with Crippen LogP contribution in [0.3, 0.4) is 0 Å². The Balaban J connectivity index is 2.31. The molecule has 0 spiro atoms. The van der Waals surface area contributed by atoms with Crippen molar-refractivity contribution in [3.63, 3.8) is 0 Å². The standard InChI is InChI=1S/C16H19NO3S/c1-3-17-16(15(18)19,13-7-5-4-6-8-13)11-21-14-9-10-20-12(14)2/h4-10,17H,3,11H2,1-2H3,(H,18,19). The highest BCUT2D eigenvalue weighted by Crippen LogP contribution is 2.32. The molecule has 5 heteroatoms. The van der Waals surface area contributed by atoms with Crippen LogP contribution >= 0.6 is 11.8 Å². The van der Waals surface area contributed by atoms with Crippen LogP contribution in [0, 0.1) is 6.92 Å². The van der Waals surface area contributed by atoms with E-state index in [0.29, 0.717) is 12.3 Å². The molecule has 21 heavy (non-hydrogen) atoms. The van der Waals surface area contributed by atoms with Crippen LogP contribution in [0.1, 0.15) is 18.2 Å². The molecule has 0 radical (unpaired) electrons. The summed E-state index contributed by atoms with van der Waals surface area (Å²) in [6.45, 7) is 4.36. The number of thioether (sulfide) groups is 1. The Bertz CT molecular complexity index is 597. The fraction of sp³-hybridized carbons (Fsp3) is 0.312.